The number of rotatable bonds is 7. The van der Waals surface area contributed by atoms with Crippen LogP contribution in [0.15, 0.2) is 53.4 Å². The molecule has 1 unspecified atom stereocenters. The summed E-state index contributed by atoms with van der Waals surface area (Å²) in [5, 5.41) is 2.49. The fourth-order valence-corrected chi connectivity index (χ4v) is 5.49. The minimum absolute atomic E-state index is 0.0587. The molecule has 34 heavy (non-hydrogen) atoms. The van der Waals surface area contributed by atoms with Gasteiger partial charge < -0.3 is 10.1 Å². The number of carbonyl (C=O) groups excluding carboxylic acids is 4. The minimum atomic E-state index is -3.65. The summed E-state index contributed by atoms with van der Waals surface area (Å²) in [6.45, 7) is 1.59. The molecule has 2 aromatic carbocycles. The van der Waals surface area contributed by atoms with Crippen molar-refractivity contribution in [1.29, 1.82) is 0 Å². The number of anilines is 1. The summed E-state index contributed by atoms with van der Waals surface area (Å²) in [4.78, 5) is 50.6. The lowest BCUT2D eigenvalue weighted by Crippen LogP contribution is -2.44. The average Bonchev–Trinajstić information content (AvgIpc) is 3.46. The van der Waals surface area contributed by atoms with Crippen LogP contribution in [0.2, 0.25) is 0 Å². The predicted octanol–water partition coefficient (Wildman–Crippen LogP) is 1.64. The van der Waals surface area contributed by atoms with Crippen molar-refractivity contribution < 1.29 is 32.3 Å². The zero-order valence-electron chi connectivity index (χ0n) is 18.4. The first kappa shape index (κ1) is 23.6. The van der Waals surface area contributed by atoms with Crippen LogP contribution in [0.3, 0.4) is 0 Å². The van der Waals surface area contributed by atoms with Gasteiger partial charge in [0.15, 0.2) is 6.61 Å². The number of fused-ring (bicyclic) bond motifs is 1. The maximum absolute atomic E-state index is 12.7. The molecule has 2 aliphatic rings. The molecule has 0 radical (unpaired) electrons. The molecule has 0 spiro atoms. The third kappa shape index (κ3) is 4.44. The Morgan fingerprint density at radius 1 is 1.00 bits per heavy atom. The van der Waals surface area contributed by atoms with E-state index in [2.05, 4.69) is 5.32 Å². The van der Waals surface area contributed by atoms with Gasteiger partial charge in [-0.1, -0.05) is 18.2 Å². The quantitative estimate of drug-likeness (QED) is 0.466. The van der Waals surface area contributed by atoms with Crippen LogP contribution in [0.25, 0.3) is 0 Å². The van der Waals surface area contributed by atoms with E-state index in [1.54, 1.807) is 12.1 Å². The summed E-state index contributed by atoms with van der Waals surface area (Å²) in [5.74, 6) is -2.83. The van der Waals surface area contributed by atoms with Gasteiger partial charge in [-0.25, -0.2) is 13.2 Å². The number of nitrogens with one attached hydrogen (secondary N) is 1. The van der Waals surface area contributed by atoms with Crippen molar-refractivity contribution >= 4 is 39.4 Å². The van der Waals surface area contributed by atoms with Crippen molar-refractivity contribution in [2.45, 2.75) is 30.7 Å². The normalized spacial score (nSPS) is 16.9. The first-order valence-corrected chi connectivity index (χ1v) is 12.2. The fourth-order valence-electron chi connectivity index (χ4n) is 3.93. The summed E-state index contributed by atoms with van der Waals surface area (Å²) in [6, 6.07) is 10.8. The Balaban J connectivity index is 1.35. The number of ether oxygens (including phenoxy) is 1. The van der Waals surface area contributed by atoms with Gasteiger partial charge in [-0.3, -0.25) is 19.3 Å². The minimum Gasteiger partial charge on any atom is -0.454 e. The molecule has 10 nitrogen and oxygen atoms in total. The fraction of sp³-hybridized carbons (Fsp3) is 0.304. The molecular formula is C23H23N3O7S. The molecule has 1 N–H and O–H groups in total. The molecule has 0 saturated carbocycles. The molecule has 1 saturated heterocycles. The van der Waals surface area contributed by atoms with Gasteiger partial charge in [0.1, 0.15) is 6.04 Å². The third-order valence-electron chi connectivity index (χ3n) is 5.72. The van der Waals surface area contributed by atoms with Crippen molar-refractivity contribution in [1.82, 2.24) is 9.21 Å². The van der Waals surface area contributed by atoms with E-state index < -0.39 is 46.4 Å². The lowest BCUT2D eigenvalue weighted by molar-refractivity contribution is -0.150. The van der Waals surface area contributed by atoms with Crippen LogP contribution >= 0.6 is 0 Å². The summed E-state index contributed by atoms with van der Waals surface area (Å²) in [5.41, 5.74) is 0.636. The van der Waals surface area contributed by atoms with E-state index in [0.717, 1.165) is 17.7 Å². The monoisotopic (exact) mass is 485 g/mol. The molecule has 1 fully saturated rings. The summed E-state index contributed by atoms with van der Waals surface area (Å²) in [6.07, 6.45) is 1.61. The smallest absolute Gasteiger partial charge is 0.329 e. The highest BCUT2D eigenvalue weighted by molar-refractivity contribution is 7.89. The van der Waals surface area contributed by atoms with E-state index in [9.17, 15) is 27.6 Å². The molecule has 1 atom stereocenters. The Bertz CT molecular complexity index is 1230. The molecular weight excluding hydrogens is 462 g/mol. The number of amides is 3. The lowest BCUT2D eigenvalue weighted by atomic mass is 10.1. The lowest BCUT2D eigenvalue weighted by Gasteiger charge is -2.20. The number of esters is 1. The highest BCUT2D eigenvalue weighted by Gasteiger charge is 2.41. The molecule has 2 aromatic rings. The number of benzene rings is 2. The molecule has 0 aromatic heterocycles. The molecule has 2 aliphatic heterocycles. The van der Waals surface area contributed by atoms with Gasteiger partial charge in [-0.2, -0.15) is 4.31 Å². The average molecular weight is 486 g/mol. The number of imide groups is 1. The van der Waals surface area contributed by atoms with Crippen LogP contribution in [0.5, 0.6) is 0 Å². The second-order valence-electron chi connectivity index (χ2n) is 8.00. The molecule has 0 bridgehead atoms. The third-order valence-corrected chi connectivity index (χ3v) is 7.61. The number of nitrogens with zero attached hydrogens (tertiary/aromatic N) is 2. The Morgan fingerprint density at radius 2 is 1.62 bits per heavy atom. The maximum Gasteiger partial charge on any atom is 0.329 e. The first-order valence-electron chi connectivity index (χ1n) is 10.7. The zero-order chi connectivity index (χ0) is 24.5. The summed E-state index contributed by atoms with van der Waals surface area (Å²) in [7, 11) is -3.65. The van der Waals surface area contributed by atoms with E-state index in [-0.39, 0.29) is 21.7 Å². The molecule has 3 amide bonds. The van der Waals surface area contributed by atoms with E-state index in [4.69, 9.17) is 4.74 Å². The van der Waals surface area contributed by atoms with Gasteiger partial charge in [-0.05, 0) is 50.1 Å². The summed E-state index contributed by atoms with van der Waals surface area (Å²) < 4.78 is 31.8. The molecule has 4 rings (SSSR count). The van der Waals surface area contributed by atoms with Crippen molar-refractivity contribution in [2.24, 2.45) is 0 Å². The Morgan fingerprint density at radius 3 is 2.24 bits per heavy atom. The predicted molar refractivity (Wildman–Crippen MR) is 120 cm³/mol. The van der Waals surface area contributed by atoms with Gasteiger partial charge >= 0.3 is 5.97 Å². The highest BCUT2D eigenvalue weighted by atomic mass is 32.2. The van der Waals surface area contributed by atoms with E-state index in [1.807, 2.05) is 0 Å². The number of hydrogen-bond acceptors (Lipinski definition) is 7. The second kappa shape index (κ2) is 9.35. The van der Waals surface area contributed by atoms with Crippen LogP contribution < -0.4 is 5.32 Å². The Kier molecular flexibility index (Phi) is 6.49. The van der Waals surface area contributed by atoms with Crippen molar-refractivity contribution in [2.75, 3.05) is 25.0 Å². The van der Waals surface area contributed by atoms with Crippen LogP contribution in [0.4, 0.5) is 5.69 Å². The van der Waals surface area contributed by atoms with E-state index in [0.29, 0.717) is 13.1 Å². The number of carbonyl (C=O) groups is 4. The molecule has 0 aliphatic carbocycles. The SMILES string of the molecule is CC(C(=O)OCC(=O)Nc1cccc(S(=O)(=O)N2CCCC2)c1)N1C(=O)c2ccccc2C1=O. The molecule has 178 valence electrons. The maximum atomic E-state index is 12.7. The van der Waals surface area contributed by atoms with Crippen LogP contribution in [-0.4, -0.2) is 67.1 Å². The van der Waals surface area contributed by atoms with Crippen LogP contribution in [0.1, 0.15) is 40.5 Å². The van der Waals surface area contributed by atoms with Gasteiger partial charge in [-0.15, -0.1) is 0 Å². The Labute approximate surface area is 196 Å². The molecule has 2 heterocycles. The van der Waals surface area contributed by atoms with E-state index in [1.165, 1.54) is 47.6 Å². The first-order chi connectivity index (χ1) is 16.2. The molecule has 11 heteroatoms. The van der Waals surface area contributed by atoms with Gasteiger partial charge in [0.05, 0.1) is 16.0 Å². The van der Waals surface area contributed by atoms with Crippen molar-refractivity contribution in [3.63, 3.8) is 0 Å². The summed E-state index contributed by atoms with van der Waals surface area (Å²) >= 11 is 0. The van der Waals surface area contributed by atoms with Crippen LogP contribution in [-0.2, 0) is 24.3 Å². The van der Waals surface area contributed by atoms with Gasteiger partial charge in [0, 0.05) is 18.8 Å². The van der Waals surface area contributed by atoms with Gasteiger partial charge in [0.2, 0.25) is 10.0 Å². The Hall–Kier alpha value is -3.57. The van der Waals surface area contributed by atoms with E-state index >= 15 is 0 Å². The zero-order valence-corrected chi connectivity index (χ0v) is 19.2. The standard InChI is InChI=1S/C23H23N3O7S/c1-15(26-21(28)18-9-2-3-10-19(18)22(26)29)23(30)33-14-20(27)24-16-7-6-8-17(13-16)34(31,32)25-11-4-5-12-25/h2-3,6-10,13,15H,4-5,11-12,14H2,1H3,(H,24,27). The topological polar surface area (TPSA) is 130 Å². The second-order valence-corrected chi connectivity index (χ2v) is 9.93. The van der Waals surface area contributed by atoms with Crippen molar-refractivity contribution in [3.8, 4) is 0 Å². The van der Waals surface area contributed by atoms with Gasteiger partial charge in [0.25, 0.3) is 17.7 Å². The number of sulfonamides is 1. The van der Waals surface area contributed by atoms with Crippen LogP contribution in [0, 0.1) is 0 Å². The van der Waals surface area contributed by atoms with Crippen molar-refractivity contribution in [3.05, 3.63) is 59.7 Å². The largest absolute Gasteiger partial charge is 0.454 e. The number of hydrogen-bond donors (Lipinski definition) is 1. The highest BCUT2D eigenvalue weighted by Crippen LogP contribution is 2.25.